The number of rotatable bonds is 9. The highest BCUT2D eigenvalue weighted by atomic mass is 32.1. The highest BCUT2D eigenvalue weighted by Gasteiger charge is 2.24. The van der Waals surface area contributed by atoms with Gasteiger partial charge in [0.1, 0.15) is 17.2 Å². The lowest BCUT2D eigenvalue weighted by atomic mass is 10.1. The van der Waals surface area contributed by atoms with Crippen LogP contribution in [0.2, 0.25) is 0 Å². The predicted molar refractivity (Wildman–Crippen MR) is 159 cm³/mol. The molecule has 0 radical (unpaired) electrons. The van der Waals surface area contributed by atoms with Crippen LogP contribution in [-0.4, -0.2) is 48.6 Å². The predicted octanol–water partition coefficient (Wildman–Crippen LogP) is 5.89. The molecule has 0 saturated carbocycles. The van der Waals surface area contributed by atoms with Gasteiger partial charge in [-0.15, -0.1) is 0 Å². The van der Waals surface area contributed by atoms with Crippen LogP contribution >= 0.6 is 11.5 Å². The number of allylic oxidation sites excluding steroid dienone is 6. The molecule has 0 unspecified atom stereocenters. The number of amides is 1. The zero-order valence-electron chi connectivity index (χ0n) is 23.9. The Morgan fingerprint density at radius 3 is 2.71 bits per heavy atom. The van der Waals surface area contributed by atoms with Crippen LogP contribution in [0.4, 0.5) is 13.8 Å². The van der Waals surface area contributed by atoms with E-state index in [4.69, 9.17) is 4.99 Å². The second-order valence-electron chi connectivity index (χ2n) is 9.94. The van der Waals surface area contributed by atoms with E-state index in [1.165, 1.54) is 51.0 Å². The Balaban J connectivity index is 1.46. The monoisotopic (exact) mass is 582 g/mol. The summed E-state index contributed by atoms with van der Waals surface area (Å²) in [4.78, 5) is 26.1. The Hall–Kier alpha value is -3.90. The van der Waals surface area contributed by atoms with Gasteiger partial charge in [0.15, 0.2) is 17.5 Å². The molecule has 2 N–H and O–H groups in total. The molecule has 1 saturated heterocycles. The fourth-order valence-corrected chi connectivity index (χ4v) is 5.28. The molecule has 0 aromatic carbocycles. The minimum absolute atomic E-state index is 0.124. The van der Waals surface area contributed by atoms with E-state index in [0.29, 0.717) is 17.2 Å². The first-order chi connectivity index (χ1) is 19.7. The lowest BCUT2D eigenvalue weighted by molar-refractivity contribution is -0.121. The summed E-state index contributed by atoms with van der Waals surface area (Å²) in [5.41, 5.74) is 3.67. The lowest BCUT2D eigenvalue weighted by Gasteiger charge is -2.31. The van der Waals surface area contributed by atoms with Gasteiger partial charge in [0.25, 0.3) is 0 Å². The minimum Gasteiger partial charge on any atom is -0.341 e. The molecule has 9 nitrogen and oxygen atoms in total. The molecule has 1 fully saturated rings. The molecule has 4 heterocycles. The fourth-order valence-electron chi connectivity index (χ4n) is 4.63. The lowest BCUT2D eigenvalue weighted by Crippen LogP contribution is -2.36. The Labute approximate surface area is 243 Å². The van der Waals surface area contributed by atoms with E-state index in [1.54, 1.807) is 10.8 Å². The molecule has 12 heteroatoms. The van der Waals surface area contributed by atoms with Crippen molar-refractivity contribution in [1.29, 1.82) is 0 Å². The van der Waals surface area contributed by atoms with E-state index < -0.39 is 17.6 Å². The third-order valence-electron chi connectivity index (χ3n) is 6.68. The Morgan fingerprint density at radius 1 is 1.24 bits per heavy atom. The molecule has 2 aliphatic rings. The molecule has 2 aliphatic heterocycles. The first-order valence-corrected chi connectivity index (χ1v) is 14.3. The molecule has 0 spiro atoms. The minimum atomic E-state index is -1.10. The number of amidine groups is 1. The Kier molecular flexibility index (Phi) is 10.0. The summed E-state index contributed by atoms with van der Waals surface area (Å²) in [5.74, 6) is -2.03. The summed E-state index contributed by atoms with van der Waals surface area (Å²) < 4.78 is 33.6. The van der Waals surface area contributed by atoms with Crippen LogP contribution in [0.5, 0.6) is 0 Å². The second kappa shape index (κ2) is 13.6. The van der Waals surface area contributed by atoms with Gasteiger partial charge >= 0.3 is 0 Å². The number of imidazole rings is 1. The van der Waals surface area contributed by atoms with Gasteiger partial charge in [0.2, 0.25) is 5.91 Å². The number of aliphatic imine (C=N–C) groups is 1. The number of halogens is 2. The molecular formula is C29H36F2N8OS. The summed E-state index contributed by atoms with van der Waals surface area (Å²) in [6, 6.07) is 2.03. The number of likely N-dealkylation sites (tertiary alicyclic amines) is 1. The van der Waals surface area contributed by atoms with Gasteiger partial charge in [0.05, 0.1) is 29.1 Å². The van der Waals surface area contributed by atoms with Gasteiger partial charge in [-0.05, 0) is 77.3 Å². The van der Waals surface area contributed by atoms with Crippen LogP contribution < -0.4 is 10.6 Å². The van der Waals surface area contributed by atoms with Crippen LogP contribution in [0.15, 0.2) is 77.3 Å². The van der Waals surface area contributed by atoms with Gasteiger partial charge < -0.3 is 20.1 Å². The zero-order chi connectivity index (χ0) is 29.5. The average molecular weight is 583 g/mol. The van der Waals surface area contributed by atoms with E-state index in [1.807, 2.05) is 37.1 Å². The zero-order valence-corrected chi connectivity index (χ0v) is 24.7. The maximum atomic E-state index is 13.9. The van der Waals surface area contributed by atoms with Crippen molar-refractivity contribution in [3.05, 3.63) is 83.7 Å². The molecule has 0 aliphatic carbocycles. The molecule has 4 rings (SSSR count). The van der Waals surface area contributed by atoms with Gasteiger partial charge in [-0.3, -0.25) is 9.69 Å². The molecule has 0 bridgehead atoms. The van der Waals surface area contributed by atoms with E-state index in [-0.39, 0.29) is 12.2 Å². The quantitative estimate of drug-likeness (QED) is 0.359. The molecule has 218 valence electrons. The van der Waals surface area contributed by atoms with Gasteiger partial charge in [0, 0.05) is 24.6 Å². The fraction of sp³-hybridized carbons (Fsp3) is 0.379. The van der Waals surface area contributed by atoms with Crippen LogP contribution in [0.3, 0.4) is 0 Å². The summed E-state index contributed by atoms with van der Waals surface area (Å²) in [6.07, 6.45) is 11.8. The molecule has 1 amide bonds. The number of piperidine rings is 1. The molecular weight excluding hydrogens is 546 g/mol. The second-order valence-corrected chi connectivity index (χ2v) is 10.7. The average Bonchev–Trinajstić information content (AvgIpc) is 3.60. The smallest absolute Gasteiger partial charge is 0.244 e. The van der Waals surface area contributed by atoms with Gasteiger partial charge in [-0.25, -0.2) is 18.8 Å². The van der Waals surface area contributed by atoms with Crippen molar-refractivity contribution in [3.8, 4) is 0 Å². The van der Waals surface area contributed by atoms with E-state index in [0.717, 1.165) is 47.8 Å². The summed E-state index contributed by atoms with van der Waals surface area (Å²) in [6.45, 7) is 13.7. The number of carbonyl (C=O) groups excluding carboxylic acids is 1. The third kappa shape index (κ3) is 7.65. The number of aromatic nitrogens is 3. The largest absolute Gasteiger partial charge is 0.341 e. The van der Waals surface area contributed by atoms with Crippen molar-refractivity contribution in [2.75, 3.05) is 13.1 Å². The maximum Gasteiger partial charge on any atom is 0.244 e. The van der Waals surface area contributed by atoms with Crippen molar-refractivity contribution in [1.82, 2.24) is 34.4 Å². The number of nitrogens with one attached hydrogen (secondary N) is 2. The van der Waals surface area contributed by atoms with Crippen molar-refractivity contribution in [2.24, 2.45) is 4.99 Å². The number of hydrogen-bond acceptors (Lipinski definition) is 7. The van der Waals surface area contributed by atoms with Crippen LogP contribution in [0, 0.1) is 0 Å². The first-order valence-electron chi connectivity index (χ1n) is 13.6. The molecule has 2 aromatic rings. The summed E-state index contributed by atoms with van der Waals surface area (Å²) >= 11 is 1.36. The standard InChI is InChI=1S/C29H36F2N8OS/c1-6-23(30)28(31)20(4)34-26(40)17-38-16-24(32-18-38)25(7-2)39-14-19(3)33-29(21(39)5)35-27-13-22(36-41-27)15-37-11-9-8-10-12-37/h6-7,13-14,16,18H,5,8-12,15,17H2,1-4H3,(H,33,35)(H,34,40)/b23-6+,25-7-,28-20-. The molecule has 41 heavy (non-hydrogen) atoms. The van der Waals surface area contributed by atoms with Crippen LogP contribution in [0.25, 0.3) is 5.70 Å². The molecule has 0 atom stereocenters. The normalized spacial score (nSPS) is 18.8. The van der Waals surface area contributed by atoms with Crippen molar-refractivity contribution >= 4 is 34.0 Å². The Bertz CT molecular complexity index is 1440. The summed E-state index contributed by atoms with van der Waals surface area (Å²) in [5, 5.41) is 6.48. The van der Waals surface area contributed by atoms with Crippen molar-refractivity contribution in [3.63, 3.8) is 0 Å². The third-order valence-corrected chi connectivity index (χ3v) is 7.40. The Morgan fingerprint density at radius 2 is 2.00 bits per heavy atom. The van der Waals surface area contributed by atoms with Gasteiger partial charge in [-0.2, -0.15) is 4.37 Å². The van der Waals surface area contributed by atoms with Crippen LogP contribution in [0.1, 0.15) is 58.3 Å². The first kappa shape index (κ1) is 30.1. The SMILES string of the molecule is C=C1/C(=N\c2cc(CN3CCCCC3)ns2)NC(C)=CN1/C(=C\C)c1cn(CC(=O)N/C(C)=C(F)/C(F)=C\C)cn1. The topological polar surface area (TPSA) is 90.7 Å². The van der Waals surface area contributed by atoms with Gasteiger partial charge in [-0.1, -0.05) is 19.1 Å². The highest BCUT2D eigenvalue weighted by Crippen LogP contribution is 2.29. The summed E-state index contributed by atoms with van der Waals surface area (Å²) in [7, 11) is 0. The van der Waals surface area contributed by atoms with E-state index in [9.17, 15) is 13.6 Å². The van der Waals surface area contributed by atoms with E-state index >= 15 is 0 Å². The van der Waals surface area contributed by atoms with Crippen molar-refractivity contribution in [2.45, 2.75) is 60.0 Å². The number of nitrogens with zero attached hydrogens (tertiary/aromatic N) is 6. The number of carbonyl (C=O) groups is 1. The maximum absolute atomic E-state index is 13.9. The molecule has 2 aromatic heterocycles. The van der Waals surface area contributed by atoms with Crippen LogP contribution in [-0.2, 0) is 17.9 Å². The number of hydrogen-bond donors (Lipinski definition) is 2. The highest BCUT2D eigenvalue weighted by molar-refractivity contribution is 7.09. The van der Waals surface area contributed by atoms with Crippen molar-refractivity contribution < 1.29 is 13.6 Å². The van der Waals surface area contributed by atoms with E-state index in [2.05, 4.69) is 31.5 Å².